The molecule has 5 nitrogen and oxygen atoms in total. The van der Waals surface area contributed by atoms with Gasteiger partial charge in [-0.2, -0.15) is 0 Å². The fourth-order valence-electron chi connectivity index (χ4n) is 1.87. The normalized spacial score (nSPS) is 12.0. The zero-order chi connectivity index (χ0) is 15.2. The number of nitrogens with one attached hydrogen (secondary N) is 2. The number of benzene rings is 1. The number of hydrogen-bond donors (Lipinski definition) is 2. The summed E-state index contributed by atoms with van der Waals surface area (Å²) >= 11 is 1.61. The van der Waals surface area contributed by atoms with Gasteiger partial charge in [0.05, 0.1) is 12.6 Å². The quantitative estimate of drug-likeness (QED) is 0.891. The SMILES string of the molecule is COC[C@H](C)NC(=O)Nc1ccc(-c2nc(C)cs2)cc1. The van der Waals surface area contributed by atoms with Gasteiger partial charge in [0, 0.05) is 29.4 Å². The van der Waals surface area contributed by atoms with Gasteiger partial charge in [0.1, 0.15) is 5.01 Å². The molecule has 2 amide bonds. The van der Waals surface area contributed by atoms with Crippen LogP contribution in [0.3, 0.4) is 0 Å². The lowest BCUT2D eigenvalue weighted by Crippen LogP contribution is -2.38. The number of hydrogen-bond acceptors (Lipinski definition) is 4. The average molecular weight is 305 g/mol. The predicted molar refractivity (Wildman–Crippen MR) is 85.8 cm³/mol. The topological polar surface area (TPSA) is 63.2 Å². The van der Waals surface area contributed by atoms with E-state index in [4.69, 9.17) is 4.74 Å². The van der Waals surface area contributed by atoms with Crippen molar-refractivity contribution in [1.29, 1.82) is 0 Å². The van der Waals surface area contributed by atoms with Gasteiger partial charge in [-0.05, 0) is 38.1 Å². The Morgan fingerprint density at radius 2 is 2.10 bits per heavy atom. The van der Waals surface area contributed by atoms with Gasteiger partial charge >= 0.3 is 6.03 Å². The van der Waals surface area contributed by atoms with E-state index in [1.165, 1.54) is 0 Å². The Morgan fingerprint density at radius 1 is 1.38 bits per heavy atom. The van der Waals surface area contributed by atoms with Crippen molar-refractivity contribution in [2.75, 3.05) is 19.0 Å². The van der Waals surface area contributed by atoms with E-state index in [-0.39, 0.29) is 12.1 Å². The second-order valence-corrected chi connectivity index (χ2v) is 5.68. The molecule has 0 aliphatic carbocycles. The van der Waals surface area contributed by atoms with E-state index in [9.17, 15) is 4.79 Å². The molecule has 2 rings (SSSR count). The summed E-state index contributed by atoms with van der Waals surface area (Å²) in [6, 6.07) is 7.36. The third-order valence-electron chi connectivity index (χ3n) is 2.80. The Labute approximate surface area is 128 Å². The lowest BCUT2D eigenvalue weighted by Gasteiger charge is -2.13. The molecule has 1 heterocycles. The number of nitrogens with zero attached hydrogens (tertiary/aromatic N) is 1. The van der Waals surface area contributed by atoms with Crippen molar-refractivity contribution < 1.29 is 9.53 Å². The number of amides is 2. The number of aryl methyl sites for hydroxylation is 1. The molecule has 0 fully saturated rings. The molecule has 21 heavy (non-hydrogen) atoms. The second-order valence-electron chi connectivity index (χ2n) is 4.83. The first-order chi connectivity index (χ1) is 10.1. The van der Waals surface area contributed by atoms with E-state index in [0.717, 1.165) is 22.0 Å². The number of thiazole rings is 1. The van der Waals surface area contributed by atoms with Gasteiger partial charge in [0.2, 0.25) is 0 Å². The van der Waals surface area contributed by atoms with Crippen molar-refractivity contribution in [2.45, 2.75) is 19.9 Å². The molecule has 0 saturated heterocycles. The van der Waals surface area contributed by atoms with Crippen molar-refractivity contribution in [1.82, 2.24) is 10.3 Å². The fraction of sp³-hybridized carbons (Fsp3) is 0.333. The molecule has 2 N–H and O–H groups in total. The maximum absolute atomic E-state index is 11.8. The van der Waals surface area contributed by atoms with Crippen molar-refractivity contribution in [3.63, 3.8) is 0 Å². The standard InChI is InChI=1S/C15H19N3O2S/c1-10(8-20-3)17-15(19)18-13-6-4-12(5-7-13)14-16-11(2)9-21-14/h4-7,9-10H,8H2,1-3H3,(H2,17,18,19)/t10-/m0/s1. The lowest BCUT2D eigenvalue weighted by molar-refractivity contribution is 0.173. The maximum Gasteiger partial charge on any atom is 0.319 e. The molecule has 0 bridgehead atoms. The summed E-state index contributed by atoms with van der Waals surface area (Å²) in [4.78, 5) is 16.2. The van der Waals surface area contributed by atoms with Crippen LogP contribution in [0.15, 0.2) is 29.6 Å². The van der Waals surface area contributed by atoms with Crippen LogP contribution in [0.2, 0.25) is 0 Å². The van der Waals surface area contributed by atoms with Crippen LogP contribution in [0.5, 0.6) is 0 Å². The van der Waals surface area contributed by atoms with Crippen LogP contribution in [0.25, 0.3) is 10.6 Å². The third kappa shape index (κ3) is 4.54. The van der Waals surface area contributed by atoms with Crippen molar-refractivity contribution >= 4 is 23.1 Å². The molecule has 0 radical (unpaired) electrons. The summed E-state index contributed by atoms with van der Waals surface area (Å²) in [6.07, 6.45) is 0. The third-order valence-corrected chi connectivity index (χ3v) is 3.81. The Kier molecular flexibility index (Phi) is 5.30. The molecule has 1 atom stereocenters. The van der Waals surface area contributed by atoms with Crippen LogP contribution in [0.1, 0.15) is 12.6 Å². The number of carbonyl (C=O) groups is 1. The average Bonchev–Trinajstić information content (AvgIpc) is 2.86. The highest BCUT2D eigenvalue weighted by Gasteiger charge is 2.07. The van der Waals surface area contributed by atoms with E-state index in [1.807, 2.05) is 43.5 Å². The van der Waals surface area contributed by atoms with E-state index in [2.05, 4.69) is 15.6 Å². The summed E-state index contributed by atoms with van der Waals surface area (Å²) in [5.41, 5.74) is 2.81. The monoisotopic (exact) mass is 305 g/mol. The van der Waals surface area contributed by atoms with Gasteiger partial charge in [-0.25, -0.2) is 9.78 Å². The predicted octanol–water partition coefficient (Wildman–Crippen LogP) is 3.27. The van der Waals surface area contributed by atoms with Crippen molar-refractivity contribution in [2.24, 2.45) is 0 Å². The van der Waals surface area contributed by atoms with Crippen LogP contribution in [-0.4, -0.2) is 30.8 Å². The minimum Gasteiger partial charge on any atom is -0.383 e. The van der Waals surface area contributed by atoms with Gasteiger partial charge in [0.15, 0.2) is 0 Å². The summed E-state index contributed by atoms with van der Waals surface area (Å²) in [5, 5.41) is 8.59. The fourth-order valence-corrected chi connectivity index (χ4v) is 2.67. The molecule has 0 spiro atoms. The zero-order valence-corrected chi connectivity index (χ0v) is 13.2. The van der Waals surface area contributed by atoms with E-state index in [1.54, 1.807) is 18.4 Å². The summed E-state index contributed by atoms with van der Waals surface area (Å²) in [6.45, 7) is 4.34. The highest BCUT2D eigenvalue weighted by Crippen LogP contribution is 2.24. The number of methoxy groups -OCH3 is 1. The molecule has 6 heteroatoms. The van der Waals surface area contributed by atoms with Crippen molar-refractivity contribution in [3.05, 3.63) is 35.3 Å². The van der Waals surface area contributed by atoms with Gasteiger partial charge < -0.3 is 15.4 Å². The molecule has 0 aliphatic rings. The first-order valence-electron chi connectivity index (χ1n) is 6.67. The van der Waals surface area contributed by atoms with Gasteiger partial charge in [-0.3, -0.25) is 0 Å². The van der Waals surface area contributed by atoms with Crippen molar-refractivity contribution in [3.8, 4) is 10.6 Å². The van der Waals surface area contributed by atoms with Crippen LogP contribution >= 0.6 is 11.3 Å². The number of rotatable bonds is 5. The molecule has 112 valence electrons. The zero-order valence-electron chi connectivity index (χ0n) is 12.3. The first kappa shape index (κ1) is 15.5. The number of aromatic nitrogens is 1. The number of ether oxygens (including phenoxy) is 1. The smallest absolute Gasteiger partial charge is 0.319 e. The number of anilines is 1. The van der Waals surface area contributed by atoms with Crippen LogP contribution in [0.4, 0.5) is 10.5 Å². The second kappa shape index (κ2) is 7.19. The minimum absolute atomic E-state index is 0.0347. The summed E-state index contributed by atoms with van der Waals surface area (Å²) < 4.78 is 4.97. The Balaban J connectivity index is 1.95. The molecular weight excluding hydrogens is 286 g/mol. The van der Waals surface area contributed by atoms with Crippen LogP contribution in [0, 0.1) is 6.92 Å². The van der Waals surface area contributed by atoms with Gasteiger partial charge in [-0.1, -0.05) is 0 Å². The van der Waals surface area contributed by atoms with E-state index < -0.39 is 0 Å². The summed E-state index contributed by atoms with van der Waals surface area (Å²) in [7, 11) is 1.61. The number of urea groups is 1. The minimum atomic E-state index is -0.239. The lowest BCUT2D eigenvalue weighted by atomic mass is 10.2. The molecule has 0 saturated carbocycles. The molecule has 1 aromatic heterocycles. The van der Waals surface area contributed by atoms with Gasteiger partial charge in [0.25, 0.3) is 0 Å². The first-order valence-corrected chi connectivity index (χ1v) is 7.55. The van der Waals surface area contributed by atoms with E-state index in [0.29, 0.717) is 6.61 Å². The molecule has 2 aromatic rings. The molecule has 0 aliphatic heterocycles. The molecular formula is C15H19N3O2S. The van der Waals surface area contributed by atoms with E-state index >= 15 is 0 Å². The highest BCUT2D eigenvalue weighted by atomic mass is 32.1. The molecule has 0 unspecified atom stereocenters. The largest absolute Gasteiger partial charge is 0.383 e. The maximum atomic E-state index is 11.8. The number of carbonyl (C=O) groups excluding carboxylic acids is 1. The Morgan fingerprint density at radius 3 is 2.67 bits per heavy atom. The molecule has 1 aromatic carbocycles. The van der Waals surface area contributed by atoms with Gasteiger partial charge in [-0.15, -0.1) is 11.3 Å². The Hall–Kier alpha value is -1.92. The summed E-state index contributed by atoms with van der Waals surface area (Å²) in [5.74, 6) is 0. The van der Waals surface area contributed by atoms with Crippen LogP contribution in [-0.2, 0) is 4.74 Å². The highest BCUT2D eigenvalue weighted by molar-refractivity contribution is 7.13. The Bertz CT molecular complexity index is 595. The van der Waals surface area contributed by atoms with Crippen LogP contribution < -0.4 is 10.6 Å².